The van der Waals surface area contributed by atoms with Gasteiger partial charge < -0.3 is 20.4 Å². The summed E-state index contributed by atoms with van der Waals surface area (Å²) < 4.78 is 5.31. The number of ether oxygens (including phenoxy) is 1. The monoisotopic (exact) mass is 343 g/mol. The number of rotatable bonds is 6. The summed E-state index contributed by atoms with van der Waals surface area (Å²) in [4.78, 5) is 22.0. The number of carbonyl (C=O) groups is 1. The molecule has 0 spiro atoms. The van der Waals surface area contributed by atoms with Gasteiger partial charge in [0.05, 0.1) is 31.1 Å². The average Bonchev–Trinajstić information content (AvgIpc) is 3.14. The Morgan fingerprint density at radius 3 is 2.84 bits per heavy atom. The van der Waals surface area contributed by atoms with Gasteiger partial charge in [0.2, 0.25) is 0 Å². The van der Waals surface area contributed by atoms with E-state index in [9.17, 15) is 4.79 Å². The first-order chi connectivity index (χ1) is 12.2. The Kier molecular flexibility index (Phi) is 6.03. The van der Waals surface area contributed by atoms with Gasteiger partial charge in [0.25, 0.3) is 0 Å². The minimum atomic E-state index is -0.194. The normalized spacial score (nSPS) is 16.4. The molecule has 0 saturated carbocycles. The molecule has 1 fully saturated rings. The van der Waals surface area contributed by atoms with Crippen LogP contribution in [0.5, 0.6) is 0 Å². The van der Waals surface area contributed by atoms with Gasteiger partial charge in [0.15, 0.2) is 0 Å². The topological polar surface area (TPSA) is 82.3 Å². The Morgan fingerprint density at radius 2 is 2.08 bits per heavy atom. The van der Waals surface area contributed by atoms with Crippen LogP contribution < -0.4 is 10.6 Å². The molecule has 134 valence electrons. The molecule has 1 saturated heterocycles. The van der Waals surface area contributed by atoms with Crippen molar-refractivity contribution in [3.8, 4) is 11.3 Å². The quantitative estimate of drug-likeness (QED) is 0.746. The number of H-pyrrole nitrogens is 1. The zero-order chi connectivity index (χ0) is 17.5. The lowest BCUT2D eigenvalue weighted by atomic mass is 10.2. The van der Waals surface area contributed by atoms with Crippen molar-refractivity contribution in [2.75, 3.05) is 39.4 Å². The number of carbonyl (C=O) groups excluding carboxylic acids is 1. The first-order valence-corrected chi connectivity index (χ1v) is 8.67. The van der Waals surface area contributed by atoms with E-state index in [1.165, 1.54) is 0 Å². The maximum absolute atomic E-state index is 12.0. The molecule has 1 aliphatic rings. The summed E-state index contributed by atoms with van der Waals surface area (Å²) in [6, 6.07) is 9.62. The van der Waals surface area contributed by atoms with Crippen LogP contribution >= 0.6 is 0 Å². The summed E-state index contributed by atoms with van der Waals surface area (Å²) >= 11 is 0. The fourth-order valence-corrected chi connectivity index (χ4v) is 2.79. The largest absolute Gasteiger partial charge is 0.379 e. The summed E-state index contributed by atoms with van der Waals surface area (Å²) in [5.41, 5.74) is 2.01. The van der Waals surface area contributed by atoms with Crippen LogP contribution in [-0.4, -0.2) is 60.3 Å². The number of aromatic amines is 1. The summed E-state index contributed by atoms with van der Waals surface area (Å²) in [6.45, 7) is 6.75. The molecule has 7 nitrogen and oxygen atoms in total. The standard InChI is InChI=1S/C18H25N5O2/c1-14(17-20-13-16(22-17)15-5-3-2-4-6-15)21-18(24)19-7-8-23-9-11-25-12-10-23/h2-6,13-14H,7-12H2,1H3,(H,20,22)(H2,19,21,24). The lowest BCUT2D eigenvalue weighted by Gasteiger charge is -2.26. The predicted octanol–water partition coefficient (Wildman–Crippen LogP) is 1.77. The van der Waals surface area contributed by atoms with E-state index in [0.717, 1.165) is 49.9 Å². The van der Waals surface area contributed by atoms with Crippen molar-refractivity contribution in [2.24, 2.45) is 0 Å². The number of hydrogen-bond acceptors (Lipinski definition) is 4. The van der Waals surface area contributed by atoms with E-state index in [2.05, 4.69) is 25.5 Å². The maximum Gasteiger partial charge on any atom is 0.315 e. The number of amides is 2. The molecule has 7 heteroatoms. The lowest BCUT2D eigenvalue weighted by molar-refractivity contribution is 0.0387. The van der Waals surface area contributed by atoms with E-state index >= 15 is 0 Å². The van der Waals surface area contributed by atoms with E-state index in [1.807, 2.05) is 37.3 Å². The van der Waals surface area contributed by atoms with Gasteiger partial charge in [-0.2, -0.15) is 0 Å². The van der Waals surface area contributed by atoms with E-state index in [1.54, 1.807) is 6.20 Å². The smallest absolute Gasteiger partial charge is 0.315 e. The van der Waals surface area contributed by atoms with Crippen molar-refractivity contribution in [3.63, 3.8) is 0 Å². The Bertz CT molecular complexity index is 667. The first-order valence-electron chi connectivity index (χ1n) is 8.67. The number of urea groups is 1. The molecular formula is C18H25N5O2. The highest BCUT2D eigenvalue weighted by Gasteiger charge is 2.14. The van der Waals surface area contributed by atoms with Gasteiger partial charge in [-0.15, -0.1) is 0 Å². The molecule has 1 aliphatic heterocycles. The van der Waals surface area contributed by atoms with Gasteiger partial charge in [-0.3, -0.25) is 4.90 Å². The van der Waals surface area contributed by atoms with E-state index in [4.69, 9.17) is 4.74 Å². The third kappa shape index (κ3) is 5.04. The number of aromatic nitrogens is 2. The van der Waals surface area contributed by atoms with E-state index in [0.29, 0.717) is 6.54 Å². The Balaban J connectivity index is 1.44. The average molecular weight is 343 g/mol. The molecule has 3 N–H and O–H groups in total. The zero-order valence-electron chi connectivity index (χ0n) is 14.5. The first kappa shape index (κ1) is 17.4. The van der Waals surface area contributed by atoms with Gasteiger partial charge >= 0.3 is 6.03 Å². The second-order valence-electron chi connectivity index (χ2n) is 6.12. The molecule has 1 atom stereocenters. The number of hydrogen-bond donors (Lipinski definition) is 3. The van der Waals surface area contributed by atoms with Crippen LogP contribution in [0.25, 0.3) is 11.3 Å². The van der Waals surface area contributed by atoms with Crippen molar-refractivity contribution < 1.29 is 9.53 Å². The summed E-state index contributed by atoms with van der Waals surface area (Å²) in [5.74, 6) is 0.738. The number of benzene rings is 1. The molecule has 1 aromatic carbocycles. The fourth-order valence-electron chi connectivity index (χ4n) is 2.79. The van der Waals surface area contributed by atoms with Crippen LogP contribution in [0.15, 0.2) is 36.5 Å². The number of morpholine rings is 1. The van der Waals surface area contributed by atoms with E-state index in [-0.39, 0.29) is 12.1 Å². The van der Waals surface area contributed by atoms with Gasteiger partial charge in [0, 0.05) is 26.2 Å². The van der Waals surface area contributed by atoms with Crippen LogP contribution in [0.2, 0.25) is 0 Å². The SMILES string of the molecule is CC(NC(=O)NCCN1CCOCC1)c1ncc(-c2ccccc2)[nH]1. The third-order valence-electron chi connectivity index (χ3n) is 4.26. The van der Waals surface area contributed by atoms with Gasteiger partial charge in [0.1, 0.15) is 5.82 Å². The lowest BCUT2D eigenvalue weighted by Crippen LogP contribution is -2.44. The Hall–Kier alpha value is -2.38. The highest BCUT2D eigenvalue weighted by Crippen LogP contribution is 2.18. The predicted molar refractivity (Wildman–Crippen MR) is 96.2 cm³/mol. The molecule has 0 bridgehead atoms. The fraction of sp³-hybridized carbons (Fsp3) is 0.444. The van der Waals surface area contributed by atoms with Crippen molar-refractivity contribution in [2.45, 2.75) is 13.0 Å². The number of imidazole rings is 1. The van der Waals surface area contributed by atoms with Crippen molar-refractivity contribution in [1.82, 2.24) is 25.5 Å². The Labute approximate surface area is 147 Å². The highest BCUT2D eigenvalue weighted by molar-refractivity contribution is 5.74. The molecule has 0 radical (unpaired) electrons. The molecular weight excluding hydrogens is 318 g/mol. The molecule has 2 heterocycles. The summed E-state index contributed by atoms with van der Waals surface area (Å²) in [6.07, 6.45) is 1.79. The molecule has 2 amide bonds. The van der Waals surface area contributed by atoms with Crippen molar-refractivity contribution in [3.05, 3.63) is 42.4 Å². The maximum atomic E-state index is 12.0. The van der Waals surface area contributed by atoms with Crippen molar-refractivity contribution in [1.29, 1.82) is 0 Å². The van der Waals surface area contributed by atoms with Gasteiger partial charge in [-0.05, 0) is 12.5 Å². The van der Waals surface area contributed by atoms with Crippen LogP contribution in [0.1, 0.15) is 18.8 Å². The second-order valence-corrected chi connectivity index (χ2v) is 6.12. The molecule has 0 aliphatic carbocycles. The van der Waals surface area contributed by atoms with Crippen LogP contribution in [-0.2, 0) is 4.74 Å². The number of nitrogens with one attached hydrogen (secondary N) is 3. The molecule has 1 unspecified atom stereocenters. The minimum Gasteiger partial charge on any atom is -0.379 e. The third-order valence-corrected chi connectivity index (χ3v) is 4.26. The highest BCUT2D eigenvalue weighted by atomic mass is 16.5. The van der Waals surface area contributed by atoms with Gasteiger partial charge in [-0.25, -0.2) is 9.78 Å². The van der Waals surface area contributed by atoms with E-state index < -0.39 is 0 Å². The van der Waals surface area contributed by atoms with Crippen molar-refractivity contribution >= 4 is 6.03 Å². The Morgan fingerprint density at radius 1 is 1.32 bits per heavy atom. The zero-order valence-corrected chi connectivity index (χ0v) is 14.5. The second kappa shape index (κ2) is 8.64. The van der Waals surface area contributed by atoms with Gasteiger partial charge in [-0.1, -0.05) is 30.3 Å². The minimum absolute atomic E-state index is 0.182. The summed E-state index contributed by atoms with van der Waals surface area (Å²) in [7, 11) is 0. The molecule has 3 rings (SSSR count). The molecule has 25 heavy (non-hydrogen) atoms. The van der Waals surface area contributed by atoms with Crippen LogP contribution in [0.4, 0.5) is 4.79 Å². The van der Waals surface area contributed by atoms with Crippen LogP contribution in [0, 0.1) is 0 Å². The summed E-state index contributed by atoms with van der Waals surface area (Å²) in [5, 5.41) is 5.81. The number of nitrogens with zero attached hydrogens (tertiary/aromatic N) is 2. The van der Waals surface area contributed by atoms with Crippen LogP contribution in [0.3, 0.4) is 0 Å². The molecule has 2 aromatic rings. The molecule has 1 aromatic heterocycles.